The highest BCUT2D eigenvalue weighted by Gasteiger charge is 2.20. The first-order valence-electron chi connectivity index (χ1n) is 8.86. The fourth-order valence-electron chi connectivity index (χ4n) is 3.07. The molecule has 0 radical (unpaired) electrons. The van der Waals surface area contributed by atoms with E-state index in [-0.39, 0.29) is 34.5 Å². The first-order chi connectivity index (χ1) is 13.4. The van der Waals surface area contributed by atoms with E-state index in [1.54, 1.807) is 13.0 Å². The van der Waals surface area contributed by atoms with E-state index in [9.17, 15) is 14.4 Å². The van der Waals surface area contributed by atoms with Crippen molar-refractivity contribution >= 4 is 39.5 Å². The third-order valence-corrected chi connectivity index (χ3v) is 4.29. The second-order valence-electron chi connectivity index (χ2n) is 6.16. The van der Waals surface area contributed by atoms with Crippen molar-refractivity contribution in [2.45, 2.75) is 26.7 Å². The summed E-state index contributed by atoms with van der Waals surface area (Å²) in [6, 6.07) is 4.08. The number of nitrogens with zero attached hydrogens (tertiary/aromatic N) is 1. The van der Waals surface area contributed by atoms with Crippen LogP contribution in [0.2, 0.25) is 0 Å². The van der Waals surface area contributed by atoms with Gasteiger partial charge < -0.3 is 19.6 Å². The topological polar surface area (TPSA) is 122 Å². The number of nitrogens with two attached hydrogens (primary N) is 1. The number of rotatable bonds is 5. The SMILES string of the molecule is CCCc1c2nc(C(=O)OC)cc(N)c2cc2c(=O)cc(C(=O)OCC)oc12. The van der Waals surface area contributed by atoms with Gasteiger partial charge in [0.1, 0.15) is 5.58 Å². The normalized spacial score (nSPS) is 11.0. The molecule has 0 bridgehead atoms. The number of aromatic nitrogens is 1. The Bertz CT molecular complexity index is 1150. The Kier molecular flexibility index (Phi) is 5.30. The standard InChI is InChI=1S/C20H20N2O6/c1-4-6-10-17-11(13(21)8-14(22-17)19(24)26-3)7-12-15(23)9-16(28-18(10)12)20(25)27-5-2/h7-9H,4-6H2,1-3H3,(H2,21,22). The molecule has 146 valence electrons. The van der Waals surface area contributed by atoms with Gasteiger partial charge >= 0.3 is 11.9 Å². The average molecular weight is 384 g/mol. The van der Waals surface area contributed by atoms with E-state index >= 15 is 0 Å². The van der Waals surface area contributed by atoms with Crippen LogP contribution in [0, 0.1) is 0 Å². The molecule has 0 saturated heterocycles. The number of benzene rings is 1. The Morgan fingerprint density at radius 3 is 2.54 bits per heavy atom. The van der Waals surface area contributed by atoms with Crippen LogP contribution in [0.25, 0.3) is 21.9 Å². The van der Waals surface area contributed by atoms with Gasteiger partial charge in [-0.3, -0.25) is 4.79 Å². The van der Waals surface area contributed by atoms with Crippen molar-refractivity contribution in [3.05, 3.63) is 45.4 Å². The highest BCUT2D eigenvalue weighted by molar-refractivity contribution is 6.05. The molecular formula is C20H20N2O6. The summed E-state index contributed by atoms with van der Waals surface area (Å²) in [5.74, 6) is -1.54. The van der Waals surface area contributed by atoms with Crippen LogP contribution in [0.1, 0.15) is 46.9 Å². The largest absolute Gasteiger partial charge is 0.464 e. The highest BCUT2D eigenvalue weighted by Crippen LogP contribution is 2.31. The summed E-state index contributed by atoms with van der Waals surface area (Å²) in [6.45, 7) is 3.76. The molecular weight excluding hydrogens is 364 g/mol. The maximum Gasteiger partial charge on any atom is 0.374 e. The minimum Gasteiger partial charge on any atom is -0.464 e. The van der Waals surface area contributed by atoms with E-state index in [4.69, 9.17) is 19.6 Å². The lowest BCUT2D eigenvalue weighted by atomic mass is 10.00. The number of ether oxygens (including phenoxy) is 2. The van der Waals surface area contributed by atoms with Crippen LogP contribution >= 0.6 is 0 Å². The Morgan fingerprint density at radius 2 is 1.89 bits per heavy atom. The van der Waals surface area contributed by atoms with Crippen LogP contribution in [0.15, 0.2) is 27.4 Å². The maximum absolute atomic E-state index is 12.6. The number of esters is 2. The zero-order valence-electron chi connectivity index (χ0n) is 15.8. The van der Waals surface area contributed by atoms with Crippen LogP contribution in [0.3, 0.4) is 0 Å². The lowest BCUT2D eigenvalue weighted by Crippen LogP contribution is -2.12. The van der Waals surface area contributed by atoms with Crippen molar-refractivity contribution in [3.63, 3.8) is 0 Å². The molecule has 0 unspecified atom stereocenters. The number of aryl methyl sites for hydroxylation is 1. The minimum absolute atomic E-state index is 0.0492. The number of pyridine rings is 1. The lowest BCUT2D eigenvalue weighted by Gasteiger charge is -2.12. The number of carbonyl (C=O) groups excluding carboxylic acids is 2. The predicted octanol–water partition coefficient (Wildman–Crippen LogP) is 2.84. The van der Waals surface area contributed by atoms with Gasteiger partial charge in [0.05, 0.1) is 24.6 Å². The summed E-state index contributed by atoms with van der Waals surface area (Å²) in [6.07, 6.45) is 1.21. The van der Waals surface area contributed by atoms with E-state index in [0.29, 0.717) is 35.0 Å². The third-order valence-electron chi connectivity index (χ3n) is 4.29. The lowest BCUT2D eigenvalue weighted by molar-refractivity contribution is 0.0490. The van der Waals surface area contributed by atoms with E-state index in [1.165, 1.54) is 13.2 Å². The fourth-order valence-corrected chi connectivity index (χ4v) is 3.07. The molecule has 0 aliphatic carbocycles. The van der Waals surface area contributed by atoms with Crippen molar-refractivity contribution in [1.82, 2.24) is 4.98 Å². The summed E-state index contributed by atoms with van der Waals surface area (Å²) < 4.78 is 15.4. The summed E-state index contributed by atoms with van der Waals surface area (Å²) in [5, 5.41) is 0.808. The smallest absolute Gasteiger partial charge is 0.374 e. The molecule has 0 saturated carbocycles. The number of anilines is 1. The molecule has 2 N–H and O–H groups in total. The number of methoxy groups -OCH3 is 1. The fraction of sp³-hybridized carbons (Fsp3) is 0.300. The molecule has 0 aliphatic rings. The molecule has 8 heteroatoms. The van der Waals surface area contributed by atoms with E-state index in [1.807, 2.05) is 6.92 Å². The summed E-state index contributed by atoms with van der Waals surface area (Å²) in [5.41, 5.74) is 7.33. The molecule has 2 aromatic heterocycles. The number of hydrogen-bond donors (Lipinski definition) is 1. The van der Waals surface area contributed by atoms with Crippen molar-refractivity contribution < 1.29 is 23.5 Å². The summed E-state index contributed by atoms with van der Waals surface area (Å²) >= 11 is 0. The van der Waals surface area contributed by atoms with Crippen LogP contribution in [-0.2, 0) is 15.9 Å². The molecule has 1 aromatic carbocycles. The average Bonchev–Trinajstić information content (AvgIpc) is 2.68. The van der Waals surface area contributed by atoms with Crippen LogP contribution < -0.4 is 11.2 Å². The predicted molar refractivity (Wildman–Crippen MR) is 103 cm³/mol. The van der Waals surface area contributed by atoms with E-state index in [0.717, 1.165) is 6.07 Å². The minimum atomic E-state index is -0.722. The zero-order valence-corrected chi connectivity index (χ0v) is 15.8. The molecule has 2 heterocycles. The summed E-state index contributed by atoms with van der Waals surface area (Å²) in [7, 11) is 1.25. The van der Waals surface area contributed by atoms with Gasteiger partial charge in [0.25, 0.3) is 0 Å². The quantitative estimate of drug-likeness (QED) is 0.526. The first-order valence-corrected chi connectivity index (χ1v) is 8.86. The van der Waals surface area contributed by atoms with Gasteiger partial charge in [-0.2, -0.15) is 0 Å². The zero-order chi connectivity index (χ0) is 20.4. The molecule has 0 atom stereocenters. The second-order valence-corrected chi connectivity index (χ2v) is 6.16. The Hall–Kier alpha value is -3.42. The van der Waals surface area contributed by atoms with Crippen LogP contribution in [0.4, 0.5) is 5.69 Å². The molecule has 0 amide bonds. The van der Waals surface area contributed by atoms with Gasteiger partial charge in [0.2, 0.25) is 5.76 Å². The number of nitrogen functional groups attached to an aromatic ring is 1. The molecule has 0 spiro atoms. The van der Waals surface area contributed by atoms with Crippen molar-refractivity contribution in [2.24, 2.45) is 0 Å². The van der Waals surface area contributed by atoms with Gasteiger partial charge in [-0.25, -0.2) is 14.6 Å². The molecule has 8 nitrogen and oxygen atoms in total. The van der Waals surface area contributed by atoms with Gasteiger partial charge in [-0.05, 0) is 25.5 Å². The third kappa shape index (κ3) is 3.28. The Morgan fingerprint density at radius 1 is 1.14 bits per heavy atom. The molecule has 0 aliphatic heterocycles. The molecule has 0 fully saturated rings. The maximum atomic E-state index is 12.6. The monoisotopic (exact) mass is 384 g/mol. The summed E-state index contributed by atoms with van der Waals surface area (Å²) in [4.78, 5) is 41.0. The number of fused-ring (bicyclic) bond motifs is 2. The molecule has 28 heavy (non-hydrogen) atoms. The Labute approximate surface area is 160 Å². The van der Waals surface area contributed by atoms with Gasteiger partial charge in [-0.15, -0.1) is 0 Å². The highest BCUT2D eigenvalue weighted by atomic mass is 16.5. The first kappa shape index (κ1) is 19.3. The van der Waals surface area contributed by atoms with Gasteiger partial charge in [0.15, 0.2) is 11.1 Å². The molecule has 3 rings (SSSR count). The number of carbonyl (C=O) groups is 2. The van der Waals surface area contributed by atoms with E-state index in [2.05, 4.69) is 4.98 Å². The van der Waals surface area contributed by atoms with Crippen molar-refractivity contribution in [2.75, 3.05) is 19.5 Å². The number of hydrogen-bond acceptors (Lipinski definition) is 8. The Balaban J connectivity index is 2.42. The van der Waals surface area contributed by atoms with Gasteiger partial charge in [0, 0.05) is 22.7 Å². The van der Waals surface area contributed by atoms with E-state index < -0.39 is 11.9 Å². The van der Waals surface area contributed by atoms with Crippen LogP contribution in [-0.4, -0.2) is 30.6 Å². The second kappa shape index (κ2) is 7.67. The van der Waals surface area contributed by atoms with Crippen LogP contribution in [0.5, 0.6) is 0 Å². The van der Waals surface area contributed by atoms with Crippen molar-refractivity contribution in [1.29, 1.82) is 0 Å². The van der Waals surface area contributed by atoms with Gasteiger partial charge in [-0.1, -0.05) is 13.3 Å². The molecule has 3 aromatic rings. The van der Waals surface area contributed by atoms with Crippen molar-refractivity contribution in [3.8, 4) is 0 Å².